The lowest BCUT2D eigenvalue weighted by molar-refractivity contribution is -0.130. The molecule has 1 saturated heterocycles. The molecule has 4 amide bonds. The van der Waals surface area contributed by atoms with E-state index in [0.717, 1.165) is 11.3 Å². The van der Waals surface area contributed by atoms with Gasteiger partial charge in [0.15, 0.2) is 11.5 Å². The van der Waals surface area contributed by atoms with Crippen LogP contribution in [-0.2, 0) is 16.1 Å². The molecule has 0 radical (unpaired) electrons. The van der Waals surface area contributed by atoms with Crippen molar-refractivity contribution in [3.8, 4) is 17.2 Å². The molecule has 32 heavy (non-hydrogen) atoms. The predicted molar refractivity (Wildman–Crippen MR) is 119 cm³/mol. The fourth-order valence-corrected chi connectivity index (χ4v) is 3.37. The smallest absolute Gasteiger partial charge is 0.331 e. The second-order valence-corrected chi connectivity index (χ2v) is 7.34. The van der Waals surface area contributed by atoms with Crippen molar-refractivity contribution < 1.29 is 28.6 Å². The molecule has 1 aliphatic rings. The average molecular weight is 459 g/mol. The Hall–Kier alpha value is -3.52. The van der Waals surface area contributed by atoms with E-state index in [1.165, 1.54) is 20.3 Å². The molecular weight excluding hydrogens is 436 g/mol. The van der Waals surface area contributed by atoms with Crippen LogP contribution >= 0.6 is 11.6 Å². The van der Waals surface area contributed by atoms with Gasteiger partial charge in [-0.1, -0.05) is 30.7 Å². The van der Waals surface area contributed by atoms with Crippen molar-refractivity contribution in [2.24, 2.45) is 0 Å². The number of imide groups is 2. The van der Waals surface area contributed by atoms with E-state index in [9.17, 15) is 14.4 Å². The minimum Gasteiger partial charge on any atom is -0.495 e. The first kappa shape index (κ1) is 23.1. The summed E-state index contributed by atoms with van der Waals surface area (Å²) < 4.78 is 16.1. The van der Waals surface area contributed by atoms with Gasteiger partial charge in [0, 0.05) is 0 Å². The summed E-state index contributed by atoms with van der Waals surface area (Å²) in [6.45, 7) is 2.48. The number of hydrogen-bond acceptors (Lipinski definition) is 6. The van der Waals surface area contributed by atoms with Gasteiger partial charge in [-0.2, -0.15) is 0 Å². The van der Waals surface area contributed by atoms with Gasteiger partial charge in [0.25, 0.3) is 11.8 Å². The normalized spacial score (nSPS) is 15.1. The molecule has 168 valence electrons. The molecule has 1 fully saturated rings. The van der Waals surface area contributed by atoms with Crippen LogP contribution < -0.4 is 19.5 Å². The third-order valence-corrected chi connectivity index (χ3v) is 5.00. The monoisotopic (exact) mass is 458 g/mol. The van der Waals surface area contributed by atoms with Crippen molar-refractivity contribution in [3.05, 3.63) is 58.1 Å². The Balaban J connectivity index is 1.86. The predicted octanol–water partition coefficient (Wildman–Crippen LogP) is 3.81. The van der Waals surface area contributed by atoms with Gasteiger partial charge in [-0.25, -0.2) is 4.79 Å². The molecular formula is C23H23ClN2O6. The Morgan fingerprint density at radius 2 is 1.72 bits per heavy atom. The van der Waals surface area contributed by atoms with Gasteiger partial charge in [0.05, 0.1) is 32.4 Å². The van der Waals surface area contributed by atoms with Crippen molar-refractivity contribution >= 4 is 35.5 Å². The van der Waals surface area contributed by atoms with Crippen LogP contribution in [0.15, 0.2) is 42.0 Å². The van der Waals surface area contributed by atoms with Crippen molar-refractivity contribution in [2.45, 2.75) is 19.9 Å². The lowest BCUT2D eigenvalue weighted by Gasteiger charge is -2.26. The van der Waals surface area contributed by atoms with Crippen molar-refractivity contribution in [2.75, 3.05) is 20.8 Å². The number of ether oxygens (including phenoxy) is 3. The quantitative estimate of drug-likeness (QED) is 0.477. The van der Waals surface area contributed by atoms with Crippen molar-refractivity contribution in [1.82, 2.24) is 10.2 Å². The number of benzene rings is 2. The maximum Gasteiger partial charge on any atom is 0.331 e. The molecule has 1 aliphatic heterocycles. The third kappa shape index (κ3) is 5.03. The van der Waals surface area contributed by atoms with Crippen molar-refractivity contribution in [1.29, 1.82) is 0 Å². The number of rotatable bonds is 8. The number of carbonyl (C=O) groups is 3. The van der Waals surface area contributed by atoms with Crippen LogP contribution in [0.4, 0.5) is 4.79 Å². The standard InChI is InChI=1S/C23H23ClN2O6/c1-4-9-32-19-8-6-15(12-20(19)31-3)13-26-22(28)16(21(27)25-23(26)29)10-14-5-7-18(30-2)17(24)11-14/h5-8,10-12H,4,9,13H2,1-3H3,(H,25,27,29)/b16-10+. The molecule has 1 N–H and O–H groups in total. The molecule has 3 rings (SSSR count). The van der Waals surface area contributed by atoms with Crippen molar-refractivity contribution in [3.63, 3.8) is 0 Å². The van der Waals surface area contributed by atoms with Gasteiger partial charge < -0.3 is 14.2 Å². The van der Waals surface area contributed by atoms with Crippen LogP contribution in [0.25, 0.3) is 6.08 Å². The lowest BCUT2D eigenvalue weighted by atomic mass is 10.1. The molecule has 9 heteroatoms. The van der Waals surface area contributed by atoms with E-state index in [1.54, 1.807) is 36.4 Å². The number of urea groups is 1. The van der Waals surface area contributed by atoms with Crippen LogP contribution in [0.1, 0.15) is 24.5 Å². The van der Waals surface area contributed by atoms with Gasteiger partial charge in [0.1, 0.15) is 11.3 Å². The number of nitrogens with zero attached hydrogens (tertiary/aromatic N) is 1. The molecule has 0 atom stereocenters. The van der Waals surface area contributed by atoms with Crippen LogP contribution in [0, 0.1) is 0 Å². The number of methoxy groups -OCH3 is 2. The summed E-state index contributed by atoms with van der Waals surface area (Å²) in [6.07, 6.45) is 2.22. The SMILES string of the molecule is CCCOc1ccc(CN2C(=O)NC(=O)/C(=C\c3ccc(OC)c(Cl)c3)C2=O)cc1OC. The van der Waals surface area contributed by atoms with E-state index >= 15 is 0 Å². The average Bonchev–Trinajstić information content (AvgIpc) is 2.78. The first-order valence-corrected chi connectivity index (χ1v) is 10.3. The fourth-order valence-electron chi connectivity index (χ4n) is 3.10. The van der Waals surface area contributed by atoms with Gasteiger partial charge in [0.2, 0.25) is 0 Å². The van der Waals surface area contributed by atoms with Crippen LogP contribution in [0.5, 0.6) is 17.2 Å². The van der Waals surface area contributed by atoms with Crippen LogP contribution in [0.3, 0.4) is 0 Å². The zero-order chi connectivity index (χ0) is 23.3. The number of hydrogen-bond donors (Lipinski definition) is 1. The number of carbonyl (C=O) groups excluding carboxylic acids is 3. The second kappa shape index (κ2) is 10.2. The Bertz CT molecular complexity index is 1080. The molecule has 0 aliphatic carbocycles. The van der Waals surface area contributed by atoms with Gasteiger partial charge >= 0.3 is 6.03 Å². The molecule has 0 unspecified atom stereocenters. The Labute approximate surface area is 190 Å². The van der Waals surface area contributed by atoms with Gasteiger partial charge in [-0.05, 0) is 47.9 Å². The summed E-state index contributed by atoms with van der Waals surface area (Å²) >= 11 is 6.13. The van der Waals surface area contributed by atoms with Gasteiger partial charge in [-0.15, -0.1) is 0 Å². The van der Waals surface area contributed by atoms with Crippen LogP contribution in [-0.4, -0.2) is 43.6 Å². The van der Waals surface area contributed by atoms with E-state index in [-0.39, 0.29) is 12.1 Å². The zero-order valence-electron chi connectivity index (χ0n) is 17.9. The zero-order valence-corrected chi connectivity index (χ0v) is 18.7. The minimum atomic E-state index is -0.796. The highest BCUT2D eigenvalue weighted by Gasteiger charge is 2.35. The molecule has 2 aromatic carbocycles. The first-order chi connectivity index (χ1) is 15.4. The highest BCUT2D eigenvalue weighted by Crippen LogP contribution is 2.30. The number of nitrogens with one attached hydrogen (secondary N) is 1. The first-order valence-electron chi connectivity index (χ1n) is 9.90. The Morgan fingerprint density at radius 1 is 1.00 bits per heavy atom. The molecule has 2 aromatic rings. The summed E-state index contributed by atoms with van der Waals surface area (Å²) in [4.78, 5) is 38.6. The third-order valence-electron chi connectivity index (χ3n) is 4.70. The maximum atomic E-state index is 13.0. The van der Waals surface area contributed by atoms with E-state index < -0.39 is 17.8 Å². The summed E-state index contributed by atoms with van der Waals surface area (Å²) in [5.74, 6) is 0.0330. The highest BCUT2D eigenvalue weighted by atomic mass is 35.5. The summed E-state index contributed by atoms with van der Waals surface area (Å²) in [5, 5.41) is 2.53. The number of barbiturate groups is 1. The molecule has 8 nitrogen and oxygen atoms in total. The molecule has 0 aromatic heterocycles. The Kier molecular flexibility index (Phi) is 7.37. The molecule has 0 spiro atoms. The largest absolute Gasteiger partial charge is 0.495 e. The van der Waals surface area contributed by atoms with Crippen LogP contribution in [0.2, 0.25) is 5.02 Å². The molecule has 0 saturated carbocycles. The molecule has 1 heterocycles. The van der Waals surface area contributed by atoms with E-state index in [0.29, 0.717) is 40.0 Å². The maximum absolute atomic E-state index is 13.0. The highest BCUT2D eigenvalue weighted by molar-refractivity contribution is 6.33. The van der Waals surface area contributed by atoms with Gasteiger partial charge in [-0.3, -0.25) is 19.8 Å². The van der Waals surface area contributed by atoms with E-state index in [1.807, 2.05) is 6.92 Å². The minimum absolute atomic E-state index is 0.0525. The summed E-state index contributed by atoms with van der Waals surface area (Å²) in [6, 6.07) is 9.18. The molecule has 0 bridgehead atoms. The lowest BCUT2D eigenvalue weighted by Crippen LogP contribution is -2.53. The number of amides is 4. The van der Waals surface area contributed by atoms with E-state index in [2.05, 4.69) is 5.32 Å². The second-order valence-electron chi connectivity index (χ2n) is 6.94. The van der Waals surface area contributed by atoms with E-state index in [4.69, 9.17) is 25.8 Å². The number of halogens is 1. The topological polar surface area (TPSA) is 94.2 Å². The fraction of sp³-hybridized carbons (Fsp3) is 0.261. The summed E-state index contributed by atoms with van der Waals surface area (Å²) in [5.41, 5.74) is 0.971. The summed E-state index contributed by atoms with van der Waals surface area (Å²) in [7, 11) is 2.99. The Morgan fingerprint density at radius 3 is 2.38 bits per heavy atom.